The Kier molecular flexibility index (Phi) is 4.32. The van der Waals surface area contributed by atoms with Crippen LogP contribution in [0.2, 0.25) is 0 Å². The third-order valence-corrected chi connectivity index (χ3v) is 6.16. The van der Waals surface area contributed by atoms with Crippen molar-refractivity contribution in [2.75, 3.05) is 0 Å². The largest absolute Gasteiger partial charge is 0.443 e. The molecule has 31 heavy (non-hydrogen) atoms. The molecule has 9 heteroatoms. The van der Waals surface area contributed by atoms with Crippen LogP contribution < -0.4 is 0 Å². The molecular weight excluding hydrogens is 409 g/mol. The Hall–Kier alpha value is -3.87. The number of benzene rings is 2. The number of rotatable bonds is 2. The van der Waals surface area contributed by atoms with Gasteiger partial charge in [-0.15, -0.1) is 0 Å². The second-order valence-corrected chi connectivity index (χ2v) is 7.44. The average Bonchev–Trinajstić information content (AvgIpc) is 2.92. The first-order chi connectivity index (χ1) is 14.7. The van der Waals surface area contributed by atoms with Crippen molar-refractivity contribution >= 4 is 5.90 Å². The fraction of sp³-hybridized carbons (Fsp3) is 0.273. The molecule has 2 fully saturated rings. The van der Waals surface area contributed by atoms with Crippen molar-refractivity contribution in [2.24, 2.45) is 16.7 Å². The van der Waals surface area contributed by atoms with Crippen LogP contribution in [0.5, 0.6) is 0 Å². The van der Waals surface area contributed by atoms with E-state index in [0.29, 0.717) is 0 Å². The lowest BCUT2D eigenvalue weighted by Gasteiger charge is -2.48. The Labute approximate surface area is 175 Å². The molecule has 0 aliphatic carbocycles. The highest BCUT2D eigenvalue weighted by Crippen LogP contribution is 2.69. The first kappa shape index (κ1) is 20.4. The monoisotopic (exact) mass is 422 g/mol. The molecule has 154 valence electrons. The number of hydrogen-bond donors (Lipinski definition) is 1. The van der Waals surface area contributed by atoms with Crippen LogP contribution in [-0.4, -0.2) is 5.90 Å². The Morgan fingerprint density at radius 1 is 0.935 bits per heavy atom. The van der Waals surface area contributed by atoms with E-state index in [0.717, 1.165) is 30.3 Å². The van der Waals surface area contributed by atoms with Crippen LogP contribution in [0.4, 0.5) is 13.2 Å². The van der Waals surface area contributed by atoms with Gasteiger partial charge < -0.3 is 9.47 Å². The van der Waals surface area contributed by atoms with Crippen LogP contribution >= 0.6 is 0 Å². The van der Waals surface area contributed by atoms with E-state index in [1.165, 1.54) is 19.1 Å². The quantitative estimate of drug-likeness (QED) is 0.779. The molecule has 4 unspecified atom stereocenters. The Balaban J connectivity index is 2.07. The van der Waals surface area contributed by atoms with E-state index in [1.54, 1.807) is 12.1 Å². The van der Waals surface area contributed by atoms with Crippen molar-refractivity contribution in [3.8, 4) is 18.2 Å². The van der Waals surface area contributed by atoms with E-state index in [2.05, 4.69) is 0 Å². The van der Waals surface area contributed by atoms with Gasteiger partial charge in [0.15, 0.2) is 5.41 Å². The third-order valence-electron chi connectivity index (χ3n) is 6.16. The highest BCUT2D eigenvalue weighted by atomic mass is 19.1. The minimum absolute atomic E-state index is 0.189. The molecule has 4 atom stereocenters. The maximum absolute atomic E-state index is 14.8. The maximum Gasteiger partial charge on any atom is 0.244 e. The molecule has 1 N–H and O–H groups in total. The van der Waals surface area contributed by atoms with E-state index in [4.69, 9.17) is 14.9 Å². The summed E-state index contributed by atoms with van der Waals surface area (Å²) in [5.41, 5.74) is -4.89. The summed E-state index contributed by atoms with van der Waals surface area (Å²) < 4.78 is 54.0. The molecule has 0 radical (unpaired) electrons. The van der Waals surface area contributed by atoms with E-state index in [-0.39, 0.29) is 5.56 Å². The number of nitriles is 3. The molecule has 2 aromatic rings. The van der Waals surface area contributed by atoms with Crippen molar-refractivity contribution in [2.45, 2.75) is 18.8 Å². The van der Waals surface area contributed by atoms with Crippen LogP contribution in [0.15, 0.2) is 42.5 Å². The van der Waals surface area contributed by atoms with E-state index < -0.39 is 57.6 Å². The highest BCUT2D eigenvalue weighted by molar-refractivity contribution is 5.89. The first-order valence-electron chi connectivity index (χ1n) is 9.13. The number of nitrogens with one attached hydrogen (secondary N) is 1. The second-order valence-electron chi connectivity index (χ2n) is 7.44. The third kappa shape index (κ3) is 2.31. The molecule has 4 rings (SSSR count). The zero-order valence-corrected chi connectivity index (χ0v) is 16.0. The van der Waals surface area contributed by atoms with Gasteiger partial charge in [0.25, 0.3) is 0 Å². The van der Waals surface area contributed by atoms with Crippen molar-refractivity contribution < 1.29 is 22.6 Å². The lowest BCUT2D eigenvalue weighted by molar-refractivity contribution is -0.289. The minimum Gasteiger partial charge on any atom is -0.443 e. The molecule has 0 amide bonds. The molecule has 0 spiro atoms. The molecule has 2 aliphatic heterocycles. The zero-order chi connectivity index (χ0) is 22.6. The van der Waals surface area contributed by atoms with Gasteiger partial charge >= 0.3 is 0 Å². The minimum atomic E-state index is -2.44. The fourth-order valence-electron chi connectivity index (χ4n) is 4.54. The molecule has 6 nitrogen and oxygen atoms in total. The smallest absolute Gasteiger partial charge is 0.244 e. The second kappa shape index (κ2) is 6.57. The summed E-state index contributed by atoms with van der Waals surface area (Å²) in [6.45, 7) is 1.45. The number of halogens is 3. The predicted molar refractivity (Wildman–Crippen MR) is 97.9 cm³/mol. The summed E-state index contributed by atoms with van der Waals surface area (Å²) in [5, 5.41) is 38.7. The van der Waals surface area contributed by atoms with Crippen LogP contribution in [0.3, 0.4) is 0 Å². The van der Waals surface area contributed by atoms with Crippen LogP contribution in [0.1, 0.15) is 24.2 Å². The highest BCUT2D eigenvalue weighted by Gasteiger charge is 2.80. The van der Waals surface area contributed by atoms with E-state index >= 15 is 0 Å². The van der Waals surface area contributed by atoms with Crippen LogP contribution in [0, 0.1) is 73.6 Å². The van der Waals surface area contributed by atoms with Crippen molar-refractivity contribution in [3.05, 3.63) is 71.0 Å². The lowest BCUT2D eigenvalue weighted by Crippen LogP contribution is -2.57. The summed E-state index contributed by atoms with van der Waals surface area (Å²) in [4.78, 5) is 0. The van der Waals surface area contributed by atoms with Crippen molar-refractivity contribution in [1.29, 1.82) is 21.2 Å². The number of nitrogens with zero attached hydrogens (tertiary/aromatic N) is 3. The Morgan fingerprint density at radius 3 is 2.13 bits per heavy atom. The fourth-order valence-corrected chi connectivity index (χ4v) is 4.54. The first-order valence-corrected chi connectivity index (χ1v) is 9.13. The van der Waals surface area contributed by atoms with E-state index in [1.807, 2.05) is 6.07 Å². The van der Waals surface area contributed by atoms with Gasteiger partial charge in [-0.05, 0) is 42.5 Å². The average molecular weight is 422 g/mol. The molecular formula is C22H13F3N4O2. The molecule has 0 saturated carbocycles. The number of hydrogen-bond acceptors (Lipinski definition) is 6. The topological polar surface area (TPSA) is 114 Å². The molecule has 2 aromatic carbocycles. The zero-order valence-electron chi connectivity index (χ0n) is 16.0. The summed E-state index contributed by atoms with van der Waals surface area (Å²) in [6, 6.07) is 12.6. The van der Waals surface area contributed by atoms with Gasteiger partial charge in [0, 0.05) is 11.1 Å². The molecule has 2 saturated heterocycles. The van der Waals surface area contributed by atoms with Gasteiger partial charge in [0.2, 0.25) is 17.1 Å². The summed E-state index contributed by atoms with van der Waals surface area (Å²) in [6.07, 6.45) is -1.79. The van der Waals surface area contributed by atoms with Gasteiger partial charge in [0.05, 0.1) is 24.1 Å². The Morgan fingerprint density at radius 2 is 1.55 bits per heavy atom. The van der Waals surface area contributed by atoms with Gasteiger partial charge in [-0.2, -0.15) is 15.8 Å². The molecule has 2 aliphatic rings. The van der Waals surface area contributed by atoms with Gasteiger partial charge in [0.1, 0.15) is 23.6 Å². The lowest BCUT2D eigenvalue weighted by atomic mass is 9.53. The normalized spacial score (nSPS) is 30.5. The summed E-state index contributed by atoms with van der Waals surface area (Å²) in [5.74, 6) is -6.12. The SMILES string of the molecule is CC1C2(c3ccc(F)cc3)OC(=N)C1(C#N)C(C#N)(C#N)C(c1cc(F)ccc1F)O2. The summed E-state index contributed by atoms with van der Waals surface area (Å²) >= 11 is 0. The van der Waals surface area contributed by atoms with Crippen molar-refractivity contribution in [3.63, 3.8) is 0 Å². The number of fused-ring (bicyclic) bond motifs is 2. The molecule has 2 heterocycles. The summed E-state index contributed by atoms with van der Waals surface area (Å²) in [7, 11) is 0. The van der Waals surface area contributed by atoms with Gasteiger partial charge in [-0.1, -0.05) is 6.92 Å². The number of ether oxygens (including phenoxy) is 2. The van der Waals surface area contributed by atoms with Crippen molar-refractivity contribution in [1.82, 2.24) is 0 Å². The van der Waals surface area contributed by atoms with Crippen LogP contribution in [-0.2, 0) is 15.3 Å². The van der Waals surface area contributed by atoms with Crippen LogP contribution in [0.25, 0.3) is 0 Å². The maximum atomic E-state index is 14.8. The van der Waals surface area contributed by atoms with Gasteiger partial charge in [-0.25, -0.2) is 13.2 Å². The molecule has 2 bridgehead atoms. The van der Waals surface area contributed by atoms with Gasteiger partial charge in [-0.3, -0.25) is 5.41 Å². The predicted octanol–water partition coefficient (Wildman–Crippen LogP) is 4.22. The standard InChI is InChI=1S/C22H13F3N4O2/c1-12-21(11-28)19(29)31-22(12,13-2-4-14(23)5-3-13)30-18(20(21,9-26)10-27)16-8-15(24)6-7-17(16)25/h2-8,12,18,29H,1H3. The Bertz CT molecular complexity index is 1210. The van der Waals surface area contributed by atoms with E-state index in [9.17, 15) is 29.0 Å². The molecule has 0 aromatic heterocycles.